The predicted molar refractivity (Wildman–Crippen MR) is 148 cm³/mol. The first kappa shape index (κ1) is 22.7. The van der Waals surface area contributed by atoms with Gasteiger partial charge in [0.05, 0.1) is 58.7 Å². The van der Waals surface area contributed by atoms with Gasteiger partial charge in [-0.2, -0.15) is 5.10 Å². The van der Waals surface area contributed by atoms with Crippen LogP contribution in [0.2, 0.25) is 0 Å². The van der Waals surface area contributed by atoms with Crippen molar-refractivity contribution in [2.45, 2.75) is 26.7 Å². The zero-order chi connectivity index (χ0) is 25.5. The van der Waals surface area contributed by atoms with Gasteiger partial charge in [-0.15, -0.1) is 0 Å². The molecule has 5 heterocycles. The van der Waals surface area contributed by atoms with Crippen LogP contribution in [0.1, 0.15) is 31.2 Å². The third-order valence-electron chi connectivity index (χ3n) is 6.73. The minimum absolute atomic E-state index is 0.560. The molecular weight excluding hydrogens is 460 g/mol. The second-order valence-electron chi connectivity index (χ2n) is 9.38. The van der Waals surface area contributed by atoms with E-state index in [1.165, 1.54) is 12.8 Å². The monoisotopic (exact) mass is 488 g/mol. The lowest BCUT2D eigenvalue weighted by Crippen LogP contribution is -2.11. The minimum atomic E-state index is 0.560. The normalized spacial score (nSPS) is 14.4. The SMILES string of the molecule is C=C/C(=C\C(=C/C)c1cc2c(-c3cc4c(-n5cnc(C)c5)cncc4[nH]3)n[nH]c2cn1)NC(=C)C1CC1. The molecule has 5 aromatic heterocycles. The molecule has 0 saturated heterocycles. The van der Waals surface area contributed by atoms with Gasteiger partial charge in [0, 0.05) is 28.4 Å². The molecule has 0 spiro atoms. The van der Waals surface area contributed by atoms with Crippen molar-refractivity contribution >= 4 is 27.4 Å². The molecule has 184 valence electrons. The summed E-state index contributed by atoms with van der Waals surface area (Å²) in [5, 5.41) is 13.2. The van der Waals surface area contributed by atoms with Crippen LogP contribution in [0.5, 0.6) is 0 Å². The van der Waals surface area contributed by atoms with Crippen molar-refractivity contribution in [3.05, 3.63) is 97.4 Å². The van der Waals surface area contributed by atoms with E-state index in [1.54, 1.807) is 6.33 Å². The molecule has 3 N–H and O–H groups in total. The highest BCUT2D eigenvalue weighted by atomic mass is 15.1. The van der Waals surface area contributed by atoms with Crippen molar-refractivity contribution < 1.29 is 0 Å². The lowest BCUT2D eigenvalue weighted by Gasteiger charge is -2.11. The highest BCUT2D eigenvalue weighted by Gasteiger charge is 2.24. The molecule has 0 radical (unpaired) electrons. The average molecular weight is 489 g/mol. The molecule has 1 saturated carbocycles. The maximum Gasteiger partial charge on any atom is 0.116 e. The summed E-state index contributed by atoms with van der Waals surface area (Å²) in [6.45, 7) is 12.1. The van der Waals surface area contributed by atoms with Crippen molar-refractivity contribution in [2.24, 2.45) is 5.92 Å². The molecule has 5 aromatic rings. The largest absolute Gasteiger partial charge is 0.359 e. The summed E-state index contributed by atoms with van der Waals surface area (Å²) in [7, 11) is 0. The topological polar surface area (TPSA) is 100 Å². The van der Waals surface area contributed by atoms with Gasteiger partial charge in [0.2, 0.25) is 0 Å². The van der Waals surface area contributed by atoms with Gasteiger partial charge in [-0.25, -0.2) is 4.98 Å². The first-order chi connectivity index (χ1) is 18.0. The Morgan fingerprint density at radius 2 is 2.00 bits per heavy atom. The van der Waals surface area contributed by atoms with E-state index in [1.807, 2.05) is 55.4 Å². The smallest absolute Gasteiger partial charge is 0.116 e. The van der Waals surface area contributed by atoms with Gasteiger partial charge in [-0.3, -0.25) is 15.1 Å². The van der Waals surface area contributed by atoms with Crippen molar-refractivity contribution in [2.75, 3.05) is 0 Å². The number of aromatic nitrogens is 7. The first-order valence-electron chi connectivity index (χ1n) is 12.3. The fourth-order valence-corrected chi connectivity index (χ4v) is 4.54. The molecule has 0 unspecified atom stereocenters. The molecule has 8 nitrogen and oxygen atoms in total. The molecule has 0 aliphatic heterocycles. The second-order valence-corrected chi connectivity index (χ2v) is 9.38. The number of nitrogens with zero attached hydrogens (tertiary/aromatic N) is 5. The number of fused-ring (bicyclic) bond motifs is 2. The molecular formula is C29H28N8. The van der Waals surface area contributed by atoms with Crippen LogP contribution in [0.4, 0.5) is 0 Å². The molecule has 8 heteroatoms. The Kier molecular flexibility index (Phi) is 5.56. The zero-order valence-electron chi connectivity index (χ0n) is 20.9. The predicted octanol–water partition coefficient (Wildman–Crippen LogP) is 5.98. The minimum Gasteiger partial charge on any atom is -0.359 e. The van der Waals surface area contributed by atoms with E-state index < -0.39 is 0 Å². The third-order valence-corrected chi connectivity index (χ3v) is 6.73. The third kappa shape index (κ3) is 4.27. The number of pyridine rings is 2. The van der Waals surface area contributed by atoms with Crippen molar-refractivity contribution in [1.29, 1.82) is 0 Å². The number of aryl methyl sites for hydroxylation is 1. The quantitative estimate of drug-likeness (QED) is 0.233. The lowest BCUT2D eigenvalue weighted by molar-refractivity contribution is 0.865. The van der Waals surface area contributed by atoms with E-state index in [9.17, 15) is 0 Å². The second kappa shape index (κ2) is 9.05. The molecule has 0 amide bonds. The number of hydrogen-bond acceptors (Lipinski definition) is 5. The van der Waals surface area contributed by atoms with Crippen LogP contribution in [-0.2, 0) is 0 Å². The Balaban J connectivity index is 1.39. The summed E-state index contributed by atoms with van der Waals surface area (Å²) in [4.78, 5) is 17.0. The van der Waals surface area contributed by atoms with E-state index in [0.29, 0.717) is 5.92 Å². The van der Waals surface area contributed by atoms with E-state index >= 15 is 0 Å². The number of aromatic amines is 2. The van der Waals surface area contributed by atoms with Gasteiger partial charge in [0.25, 0.3) is 0 Å². The van der Waals surface area contributed by atoms with E-state index in [-0.39, 0.29) is 0 Å². The van der Waals surface area contributed by atoms with Crippen LogP contribution in [0.15, 0.2) is 86.0 Å². The number of H-pyrrole nitrogens is 2. The van der Waals surface area contributed by atoms with E-state index in [4.69, 9.17) is 4.98 Å². The Morgan fingerprint density at radius 3 is 2.73 bits per heavy atom. The molecule has 0 aromatic carbocycles. The van der Waals surface area contributed by atoms with Gasteiger partial charge in [0.15, 0.2) is 0 Å². The Bertz CT molecular complexity index is 1720. The highest BCUT2D eigenvalue weighted by Crippen LogP contribution is 2.35. The number of rotatable bonds is 8. The molecule has 0 bridgehead atoms. The maximum atomic E-state index is 4.70. The van der Waals surface area contributed by atoms with Crippen LogP contribution in [0.3, 0.4) is 0 Å². The highest BCUT2D eigenvalue weighted by molar-refractivity contribution is 5.98. The number of imidazole rings is 1. The van der Waals surface area contributed by atoms with Gasteiger partial charge < -0.3 is 14.9 Å². The molecule has 0 atom stereocenters. The lowest BCUT2D eigenvalue weighted by atomic mass is 10.1. The van der Waals surface area contributed by atoms with Crippen LogP contribution >= 0.6 is 0 Å². The molecule has 1 fully saturated rings. The van der Waals surface area contributed by atoms with Gasteiger partial charge in [-0.05, 0) is 62.5 Å². The molecule has 1 aliphatic carbocycles. The van der Waals surface area contributed by atoms with E-state index in [0.717, 1.165) is 67.2 Å². The number of allylic oxidation sites excluding steroid dienone is 5. The fraction of sp³-hybridized carbons (Fsp3) is 0.172. The standard InChI is InChI=1S/C29H28N8/c1-5-19(9-21(6-2)33-18(4)20-7-8-20)24-11-23-27(13-31-24)35-36-29(23)25-10-22-26(34-25)12-30-14-28(22)37-15-17(3)32-16-37/h5-6,9-16,20,33-34H,2,4,7-8H2,1,3H3,(H,35,36)/b19-5+,21-9+. The Labute approximate surface area is 214 Å². The summed E-state index contributed by atoms with van der Waals surface area (Å²) in [6.07, 6.45) is 17.6. The van der Waals surface area contributed by atoms with Crippen LogP contribution in [-0.4, -0.2) is 34.7 Å². The number of nitrogens with one attached hydrogen (secondary N) is 3. The van der Waals surface area contributed by atoms with Crippen molar-refractivity contribution in [3.63, 3.8) is 0 Å². The molecule has 37 heavy (non-hydrogen) atoms. The van der Waals surface area contributed by atoms with Crippen molar-refractivity contribution in [1.82, 2.24) is 40.0 Å². The van der Waals surface area contributed by atoms with Gasteiger partial charge in [-0.1, -0.05) is 19.2 Å². The van der Waals surface area contributed by atoms with Gasteiger partial charge >= 0.3 is 0 Å². The average Bonchev–Trinajstić information content (AvgIpc) is 3.32. The molecule has 6 rings (SSSR count). The van der Waals surface area contributed by atoms with Crippen LogP contribution < -0.4 is 5.32 Å². The summed E-state index contributed by atoms with van der Waals surface area (Å²) in [6, 6.07) is 4.18. The Hall–Kier alpha value is -4.72. The van der Waals surface area contributed by atoms with Gasteiger partial charge in [0.1, 0.15) is 5.69 Å². The maximum absolute atomic E-state index is 4.70. The summed E-state index contributed by atoms with van der Waals surface area (Å²) in [5.41, 5.74) is 9.21. The Morgan fingerprint density at radius 1 is 1.14 bits per heavy atom. The van der Waals surface area contributed by atoms with Crippen molar-refractivity contribution in [3.8, 4) is 17.1 Å². The van der Waals surface area contributed by atoms with E-state index in [2.05, 4.69) is 61.8 Å². The first-order valence-corrected chi connectivity index (χ1v) is 12.3. The summed E-state index contributed by atoms with van der Waals surface area (Å²) in [5.74, 6) is 0.560. The van der Waals surface area contributed by atoms with Crippen LogP contribution in [0.25, 0.3) is 44.5 Å². The number of hydrogen-bond donors (Lipinski definition) is 3. The summed E-state index contributed by atoms with van der Waals surface area (Å²) >= 11 is 0. The van der Waals surface area contributed by atoms with Crippen LogP contribution in [0, 0.1) is 12.8 Å². The zero-order valence-corrected chi connectivity index (χ0v) is 20.9. The summed E-state index contributed by atoms with van der Waals surface area (Å²) < 4.78 is 1.99. The molecule has 1 aliphatic rings. The fourth-order valence-electron chi connectivity index (χ4n) is 4.54.